The number of rotatable bonds is 5. The number of sulfonamides is 1. The highest BCUT2D eigenvalue weighted by molar-refractivity contribution is 7.89. The number of halogens is 3. The van der Waals surface area contributed by atoms with Crippen molar-refractivity contribution in [2.45, 2.75) is 24.0 Å². The van der Waals surface area contributed by atoms with Gasteiger partial charge in [0.05, 0.1) is 16.5 Å². The number of aryl methyl sites for hydroxylation is 1. The van der Waals surface area contributed by atoms with Gasteiger partial charge in [0.25, 0.3) is 0 Å². The predicted octanol–water partition coefficient (Wildman–Crippen LogP) is 5.11. The third-order valence-corrected chi connectivity index (χ3v) is 7.84. The Morgan fingerprint density at radius 1 is 0.788 bits per heavy atom. The summed E-state index contributed by atoms with van der Waals surface area (Å²) in [5.74, 6) is 0. The molecule has 0 unspecified atom stereocenters. The highest BCUT2D eigenvalue weighted by Gasteiger charge is 2.35. The molecule has 0 amide bonds. The van der Waals surface area contributed by atoms with E-state index >= 15 is 0 Å². The van der Waals surface area contributed by atoms with Crippen LogP contribution >= 0.6 is 0 Å². The summed E-state index contributed by atoms with van der Waals surface area (Å²) in [6.07, 6.45) is -4.60. The molecule has 0 spiro atoms. The van der Waals surface area contributed by atoms with E-state index in [-0.39, 0.29) is 24.0 Å². The third-order valence-electron chi connectivity index (χ3n) is 5.95. The first kappa shape index (κ1) is 23.5. The van der Waals surface area contributed by atoms with Gasteiger partial charge in [-0.05, 0) is 36.2 Å². The monoisotopic (exact) mass is 474 g/mol. The second kappa shape index (κ2) is 9.29. The van der Waals surface area contributed by atoms with Crippen molar-refractivity contribution in [3.63, 3.8) is 0 Å². The van der Waals surface area contributed by atoms with Gasteiger partial charge in [-0.3, -0.25) is 4.90 Å². The Balaban J connectivity index is 1.56. The van der Waals surface area contributed by atoms with E-state index in [4.69, 9.17) is 0 Å². The molecule has 0 saturated carbocycles. The van der Waals surface area contributed by atoms with Crippen LogP contribution in [0.25, 0.3) is 0 Å². The summed E-state index contributed by atoms with van der Waals surface area (Å²) in [7, 11) is -4.02. The van der Waals surface area contributed by atoms with Gasteiger partial charge in [-0.2, -0.15) is 17.5 Å². The second-order valence-electron chi connectivity index (χ2n) is 8.19. The molecule has 1 heterocycles. The van der Waals surface area contributed by atoms with Crippen molar-refractivity contribution in [1.82, 2.24) is 9.21 Å². The number of hydrogen-bond acceptors (Lipinski definition) is 3. The van der Waals surface area contributed by atoms with E-state index in [9.17, 15) is 21.6 Å². The molecule has 0 N–H and O–H groups in total. The molecule has 4 nitrogen and oxygen atoms in total. The molecule has 0 aromatic heterocycles. The first-order valence-electron chi connectivity index (χ1n) is 10.7. The number of benzene rings is 3. The second-order valence-corrected chi connectivity index (χ2v) is 10.1. The molecule has 1 saturated heterocycles. The van der Waals surface area contributed by atoms with Gasteiger partial charge in [0.15, 0.2) is 0 Å². The smallest absolute Gasteiger partial charge is 0.290 e. The maximum atomic E-state index is 13.1. The van der Waals surface area contributed by atoms with Crippen molar-refractivity contribution < 1.29 is 21.6 Å². The number of hydrogen-bond donors (Lipinski definition) is 0. The van der Waals surface area contributed by atoms with Crippen LogP contribution in [0, 0.1) is 6.92 Å². The van der Waals surface area contributed by atoms with Gasteiger partial charge in [-0.1, -0.05) is 66.2 Å². The van der Waals surface area contributed by atoms with Gasteiger partial charge in [0.2, 0.25) is 10.0 Å². The lowest BCUT2D eigenvalue weighted by Crippen LogP contribution is -2.49. The molecule has 3 aromatic carbocycles. The van der Waals surface area contributed by atoms with Crippen LogP contribution in [0.15, 0.2) is 83.8 Å². The lowest BCUT2D eigenvalue weighted by Gasteiger charge is -2.39. The first-order chi connectivity index (χ1) is 15.7. The molecule has 1 aliphatic heterocycles. The van der Waals surface area contributed by atoms with Crippen molar-refractivity contribution in [3.8, 4) is 0 Å². The van der Waals surface area contributed by atoms with E-state index in [1.807, 2.05) is 25.1 Å². The van der Waals surface area contributed by atoms with Gasteiger partial charge in [0, 0.05) is 26.2 Å². The topological polar surface area (TPSA) is 40.6 Å². The quantitative estimate of drug-likeness (QED) is 0.516. The summed E-state index contributed by atoms with van der Waals surface area (Å²) < 4.78 is 66.6. The van der Waals surface area contributed by atoms with E-state index in [1.54, 1.807) is 0 Å². The van der Waals surface area contributed by atoms with Crippen molar-refractivity contribution in [2.75, 3.05) is 26.2 Å². The Kier molecular flexibility index (Phi) is 6.61. The van der Waals surface area contributed by atoms with Gasteiger partial charge in [-0.15, -0.1) is 0 Å². The van der Waals surface area contributed by atoms with Gasteiger partial charge in [-0.25, -0.2) is 8.42 Å². The third kappa shape index (κ3) is 5.13. The van der Waals surface area contributed by atoms with Gasteiger partial charge in [0.1, 0.15) is 0 Å². The average molecular weight is 475 g/mol. The minimum Gasteiger partial charge on any atom is -0.290 e. The zero-order chi connectivity index (χ0) is 23.6. The van der Waals surface area contributed by atoms with Crippen LogP contribution in [-0.4, -0.2) is 43.8 Å². The Hall–Kier alpha value is -2.68. The summed E-state index contributed by atoms with van der Waals surface area (Å²) >= 11 is 0. The van der Waals surface area contributed by atoms with E-state index in [0.29, 0.717) is 19.2 Å². The van der Waals surface area contributed by atoms with Crippen LogP contribution in [0.5, 0.6) is 0 Å². The molecule has 0 bridgehead atoms. The Labute approximate surface area is 192 Å². The molecule has 0 aliphatic carbocycles. The minimum absolute atomic E-state index is 0.0368. The fraction of sp³-hybridized carbons (Fsp3) is 0.280. The van der Waals surface area contributed by atoms with E-state index in [2.05, 4.69) is 41.3 Å². The Bertz CT molecular complexity index is 1190. The molecule has 1 aliphatic rings. The zero-order valence-corrected chi connectivity index (χ0v) is 19.0. The largest absolute Gasteiger partial charge is 0.416 e. The van der Waals surface area contributed by atoms with Crippen molar-refractivity contribution in [1.29, 1.82) is 0 Å². The molecule has 8 heteroatoms. The Morgan fingerprint density at radius 2 is 1.39 bits per heavy atom. The van der Waals surface area contributed by atoms with Crippen LogP contribution in [0.4, 0.5) is 13.2 Å². The number of alkyl halides is 3. The van der Waals surface area contributed by atoms with E-state index < -0.39 is 21.8 Å². The van der Waals surface area contributed by atoms with Gasteiger partial charge >= 0.3 is 6.18 Å². The van der Waals surface area contributed by atoms with Crippen molar-refractivity contribution >= 4 is 10.0 Å². The number of nitrogens with zero attached hydrogens (tertiary/aromatic N) is 2. The lowest BCUT2D eigenvalue weighted by atomic mass is 9.96. The molecule has 33 heavy (non-hydrogen) atoms. The van der Waals surface area contributed by atoms with Crippen LogP contribution in [0.2, 0.25) is 0 Å². The fourth-order valence-electron chi connectivity index (χ4n) is 4.18. The van der Waals surface area contributed by atoms with Crippen LogP contribution in [0.1, 0.15) is 28.3 Å². The van der Waals surface area contributed by atoms with E-state index in [1.165, 1.54) is 10.4 Å². The summed E-state index contributed by atoms with van der Waals surface area (Å²) in [4.78, 5) is 1.89. The van der Waals surface area contributed by atoms with Crippen molar-refractivity contribution in [2.24, 2.45) is 0 Å². The molecular weight excluding hydrogens is 449 g/mol. The summed E-state index contributed by atoms with van der Waals surface area (Å²) in [5, 5.41) is 0. The molecule has 174 valence electrons. The highest BCUT2D eigenvalue weighted by atomic mass is 32.2. The SMILES string of the molecule is Cc1ccc([C@H](c2ccccc2)N2CCN(S(=O)(=O)c3cccc(C(F)(F)F)c3)CC2)cc1. The Morgan fingerprint density at radius 3 is 2.00 bits per heavy atom. The standard InChI is InChI=1S/C25H25F3N2O2S/c1-19-10-12-21(13-11-19)24(20-6-3-2-4-7-20)29-14-16-30(17-15-29)33(31,32)23-9-5-8-22(18-23)25(26,27)28/h2-13,18,24H,14-17H2,1H3/t24-/m0/s1. The molecule has 0 radical (unpaired) electrons. The number of piperazine rings is 1. The normalized spacial score (nSPS) is 17.1. The maximum absolute atomic E-state index is 13.1. The van der Waals surface area contributed by atoms with Gasteiger partial charge < -0.3 is 0 Å². The van der Waals surface area contributed by atoms with Crippen LogP contribution in [0.3, 0.4) is 0 Å². The lowest BCUT2D eigenvalue weighted by molar-refractivity contribution is -0.137. The summed E-state index contributed by atoms with van der Waals surface area (Å²) in [6, 6.07) is 22.2. The summed E-state index contributed by atoms with van der Waals surface area (Å²) in [6.45, 7) is 3.36. The fourth-order valence-corrected chi connectivity index (χ4v) is 5.65. The average Bonchev–Trinajstić information content (AvgIpc) is 2.81. The zero-order valence-electron chi connectivity index (χ0n) is 18.2. The molecular formula is C25H25F3N2O2S. The summed E-state index contributed by atoms with van der Waals surface area (Å²) in [5.41, 5.74) is 2.41. The first-order valence-corrected chi connectivity index (χ1v) is 12.1. The molecule has 3 aromatic rings. The van der Waals surface area contributed by atoms with Crippen molar-refractivity contribution in [3.05, 3.63) is 101 Å². The predicted molar refractivity (Wildman–Crippen MR) is 121 cm³/mol. The minimum atomic E-state index is -4.60. The molecule has 4 rings (SSSR count). The molecule has 1 fully saturated rings. The molecule has 1 atom stereocenters. The highest BCUT2D eigenvalue weighted by Crippen LogP contribution is 2.33. The van der Waals surface area contributed by atoms with Crippen LogP contribution < -0.4 is 0 Å². The van der Waals surface area contributed by atoms with Crippen LogP contribution in [-0.2, 0) is 16.2 Å². The van der Waals surface area contributed by atoms with E-state index in [0.717, 1.165) is 28.8 Å². The maximum Gasteiger partial charge on any atom is 0.416 e.